The predicted molar refractivity (Wildman–Crippen MR) is 80.6 cm³/mol. The Kier molecular flexibility index (Phi) is 4.29. The molecule has 2 aromatic carbocycles. The Hall–Kier alpha value is -3.49. The van der Waals surface area contributed by atoms with E-state index in [0.29, 0.717) is 5.56 Å². The van der Waals surface area contributed by atoms with Gasteiger partial charge in [-0.1, -0.05) is 5.16 Å². The number of carbonyl (C=O) groups excluding carboxylic acids is 1. The minimum absolute atomic E-state index is 0.0347. The van der Waals surface area contributed by atoms with Crippen LogP contribution in [0.5, 0.6) is 11.5 Å². The van der Waals surface area contributed by atoms with Crippen LogP contribution in [0.15, 0.2) is 40.9 Å². The van der Waals surface area contributed by atoms with E-state index >= 15 is 0 Å². The molecule has 128 valence electrons. The zero-order chi connectivity index (χ0) is 18.0. The maximum Gasteiger partial charge on any atom is 0.264 e. The molecule has 0 spiro atoms. The van der Waals surface area contributed by atoms with E-state index in [9.17, 15) is 18.7 Å². The van der Waals surface area contributed by atoms with E-state index in [1.807, 2.05) is 0 Å². The molecule has 1 heterocycles. The van der Waals surface area contributed by atoms with Crippen LogP contribution in [-0.2, 0) is 6.61 Å². The molecule has 0 radical (unpaired) electrons. The third-order valence-corrected chi connectivity index (χ3v) is 3.25. The summed E-state index contributed by atoms with van der Waals surface area (Å²) in [6.45, 7) is -0.300. The fourth-order valence-corrected chi connectivity index (χ4v) is 2.05. The number of aromatic hydroxyl groups is 1. The van der Waals surface area contributed by atoms with Crippen LogP contribution in [0.2, 0.25) is 0 Å². The van der Waals surface area contributed by atoms with Gasteiger partial charge in [-0.2, -0.15) is 4.98 Å². The first-order valence-electron chi connectivity index (χ1n) is 6.98. The molecule has 3 rings (SSSR count). The van der Waals surface area contributed by atoms with Crippen LogP contribution in [0, 0.1) is 11.6 Å². The minimum Gasteiger partial charge on any atom is -0.508 e. The molecule has 0 aliphatic rings. The number of hydrogen-bond donors (Lipinski definition) is 2. The van der Waals surface area contributed by atoms with Gasteiger partial charge in [0, 0.05) is 5.56 Å². The SMILES string of the molecule is NC(=O)c1c(F)ccc(OCc2nc(-c3ccc(O)cc3)no2)c1F. The molecule has 0 atom stereocenters. The highest BCUT2D eigenvalue weighted by molar-refractivity contribution is 5.93. The van der Waals surface area contributed by atoms with Gasteiger partial charge in [0.15, 0.2) is 18.2 Å². The zero-order valence-corrected chi connectivity index (χ0v) is 12.6. The topological polar surface area (TPSA) is 111 Å². The van der Waals surface area contributed by atoms with E-state index in [4.69, 9.17) is 15.0 Å². The number of rotatable bonds is 5. The Morgan fingerprint density at radius 1 is 1.20 bits per heavy atom. The van der Waals surface area contributed by atoms with Gasteiger partial charge in [-0.05, 0) is 36.4 Å². The molecule has 3 aromatic rings. The first-order chi connectivity index (χ1) is 12.0. The van der Waals surface area contributed by atoms with Gasteiger partial charge in [-0.15, -0.1) is 0 Å². The number of phenols is 1. The summed E-state index contributed by atoms with van der Waals surface area (Å²) in [5.41, 5.74) is 4.65. The van der Waals surface area contributed by atoms with Gasteiger partial charge < -0.3 is 20.1 Å². The molecule has 7 nitrogen and oxygen atoms in total. The lowest BCUT2D eigenvalue weighted by molar-refractivity contribution is 0.0991. The molecule has 9 heteroatoms. The quantitative estimate of drug-likeness (QED) is 0.733. The van der Waals surface area contributed by atoms with E-state index < -0.39 is 23.1 Å². The van der Waals surface area contributed by atoms with Crippen LogP contribution in [-0.4, -0.2) is 21.2 Å². The Balaban J connectivity index is 1.76. The van der Waals surface area contributed by atoms with E-state index in [-0.39, 0.29) is 29.8 Å². The summed E-state index contributed by atoms with van der Waals surface area (Å²) >= 11 is 0. The third kappa shape index (κ3) is 3.39. The molecule has 3 N–H and O–H groups in total. The predicted octanol–water partition coefficient (Wildman–Crippen LogP) is 2.40. The van der Waals surface area contributed by atoms with Crippen molar-refractivity contribution in [2.75, 3.05) is 0 Å². The molecule has 1 amide bonds. The molecule has 0 saturated heterocycles. The van der Waals surface area contributed by atoms with Crippen molar-refractivity contribution in [3.8, 4) is 22.9 Å². The maximum absolute atomic E-state index is 14.0. The van der Waals surface area contributed by atoms with Gasteiger partial charge in [0.1, 0.15) is 17.1 Å². The van der Waals surface area contributed by atoms with Crippen molar-refractivity contribution in [2.45, 2.75) is 6.61 Å². The van der Waals surface area contributed by atoms with Crippen LogP contribution in [0.3, 0.4) is 0 Å². The number of nitrogens with zero attached hydrogens (tertiary/aromatic N) is 2. The number of halogens is 2. The number of amides is 1. The summed E-state index contributed by atoms with van der Waals surface area (Å²) < 4.78 is 37.6. The third-order valence-electron chi connectivity index (χ3n) is 3.25. The van der Waals surface area contributed by atoms with Crippen molar-refractivity contribution in [3.63, 3.8) is 0 Å². The Morgan fingerprint density at radius 2 is 1.92 bits per heavy atom. The van der Waals surface area contributed by atoms with Gasteiger partial charge in [0.05, 0.1) is 0 Å². The molecule has 0 saturated carbocycles. The Morgan fingerprint density at radius 3 is 2.60 bits per heavy atom. The average Bonchev–Trinajstić information content (AvgIpc) is 3.03. The van der Waals surface area contributed by atoms with E-state index in [1.165, 1.54) is 12.1 Å². The molecule has 1 aromatic heterocycles. The second-order valence-corrected chi connectivity index (χ2v) is 4.95. The molecule has 0 aliphatic carbocycles. The normalized spacial score (nSPS) is 10.6. The first kappa shape index (κ1) is 16.4. The lowest BCUT2D eigenvalue weighted by Gasteiger charge is -2.07. The largest absolute Gasteiger partial charge is 0.508 e. The monoisotopic (exact) mass is 347 g/mol. The second-order valence-electron chi connectivity index (χ2n) is 4.95. The number of hydrogen-bond acceptors (Lipinski definition) is 6. The molecular weight excluding hydrogens is 336 g/mol. The molecular formula is C16H11F2N3O4. The summed E-state index contributed by atoms with van der Waals surface area (Å²) in [5.74, 6) is -3.53. The number of nitrogens with two attached hydrogens (primary N) is 1. The van der Waals surface area contributed by atoms with Crippen LogP contribution in [0.1, 0.15) is 16.2 Å². The Labute approximate surface area is 139 Å². The smallest absolute Gasteiger partial charge is 0.264 e. The number of ether oxygens (including phenoxy) is 1. The summed E-state index contributed by atoms with van der Waals surface area (Å²) in [5, 5.41) is 13.0. The molecule has 0 bridgehead atoms. The van der Waals surface area contributed by atoms with Crippen LogP contribution < -0.4 is 10.5 Å². The second kappa shape index (κ2) is 6.56. The van der Waals surface area contributed by atoms with Crippen molar-refractivity contribution in [3.05, 3.63) is 59.5 Å². The van der Waals surface area contributed by atoms with Crippen molar-refractivity contribution >= 4 is 5.91 Å². The Bertz CT molecular complexity index is 926. The van der Waals surface area contributed by atoms with E-state index in [1.54, 1.807) is 12.1 Å². The first-order valence-corrected chi connectivity index (χ1v) is 6.98. The number of carbonyl (C=O) groups is 1. The minimum atomic E-state index is -1.24. The van der Waals surface area contributed by atoms with Gasteiger partial charge in [-0.3, -0.25) is 4.79 Å². The summed E-state index contributed by atoms with van der Waals surface area (Å²) in [4.78, 5) is 15.1. The van der Waals surface area contributed by atoms with Crippen molar-refractivity contribution in [1.82, 2.24) is 10.1 Å². The van der Waals surface area contributed by atoms with Crippen molar-refractivity contribution in [1.29, 1.82) is 0 Å². The van der Waals surface area contributed by atoms with E-state index in [0.717, 1.165) is 12.1 Å². The fourth-order valence-electron chi connectivity index (χ4n) is 2.05. The average molecular weight is 347 g/mol. The molecule has 0 fully saturated rings. The van der Waals surface area contributed by atoms with Crippen LogP contribution >= 0.6 is 0 Å². The van der Waals surface area contributed by atoms with Crippen LogP contribution in [0.4, 0.5) is 8.78 Å². The highest BCUT2D eigenvalue weighted by atomic mass is 19.1. The number of benzene rings is 2. The summed E-state index contributed by atoms with van der Waals surface area (Å²) in [7, 11) is 0. The summed E-state index contributed by atoms with van der Waals surface area (Å²) in [6.07, 6.45) is 0. The molecule has 0 aliphatic heterocycles. The van der Waals surface area contributed by atoms with E-state index in [2.05, 4.69) is 10.1 Å². The standard InChI is InChI=1S/C16H11F2N3O4/c17-10-5-6-11(14(18)13(10)15(19)23)24-7-12-20-16(21-25-12)8-1-3-9(22)4-2-8/h1-6,22H,7H2,(H2,19,23). The van der Waals surface area contributed by atoms with Crippen molar-refractivity contribution in [2.24, 2.45) is 5.73 Å². The lowest BCUT2D eigenvalue weighted by atomic mass is 10.1. The highest BCUT2D eigenvalue weighted by Crippen LogP contribution is 2.24. The molecule has 25 heavy (non-hydrogen) atoms. The van der Waals surface area contributed by atoms with Gasteiger partial charge >= 0.3 is 0 Å². The molecule has 0 unspecified atom stereocenters. The number of aromatic nitrogens is 2. The lowest BCUT2D eigenvalue weighted by Crippen LogP contribution is -2.16. The number of primary amides is 1. The number of phenolic OH excluding ortho intramolecular Hbond substituents is 1. The fraction of sp³-hybridized carbons (Fsp3) is 0.0625. The van der Waals surface area contributed by atoms with Gasteiger partial charge in [-0.25, -0.2) is 8.78 Å². The van der Waals surface area contributed by atoms with Gasteiger partial charge in [0.2, 0.25) is 5.82 Å². The van der Waals surface area contributed by atoms with Gasteiger partial charge in [0.25, 0.3) is 11.8 Å². The highest BCUT2D eigenvalue weighted by Gasteiger charge is 2.20. The summed E-state index contributed by atoms with van der Waals surface area (Å²) in [6, 6.07) is 7.98. The van der Waals surface area contributed by atoms with Crippen molar-refractivity contribution < 1.29 is 27.9 Å². The van der Waals surface area contributed by atoms with Crippen LogP contribution in [0.25, 0.3) is 11.4 Å². The maximum atomic E-state index is 14.0. The zero-order valence-electron chi connectivity index (χ0n) is 12.6.